The van der Waals surface area contributed by atoms with E-state index in [2.05, 4.69) is 52.3 Å². The molecule has 0 spiro atoms. The molecule has 3 heterocycles. The van der Waals surface area contributed by atoms with Gasteiger partial charge >= 0.3 is 0 Å². The predicted octanol–water partition coefficient (Wildman–Crippen LogP) is 3.21. The zero-order chi connectivity index (χ0) is 17.7. The lowest BCUT2D eigenvalue weighted by Crippen LogP contribution is -2.70. The van der Waals surface area contributed by atoms with Gasteiger partial charge in [-0.25, -0.2) is 0 Å². The normalized spacial score (nSPS) is 26.3. The quantitative estimate of drug-likeness (QED) is 0.854. The molecular formula is C22H24N2O2. The van der Waals surface area contributed by atoms with E-state index in [0.717, 1.165) is 31.7 Å². The average Bonchev–Trinajstić information content (AvgIpc) is 3.11. The van der Waals surface area contributed by atoms with Crippen LogP contribution in [0, 0.1) is 0 Å². The van der Waals surface area contributed by atoms with Crippen molar-refractivity contribution in [3.8, 4) is 5.75 Å². The van der Waals surface area contributed by atoms with Crippen LogP contribution >= 0.6 is 0 Å². The van der Waals surface area contributed by atoms with Crippen LogP contribution in [0.4, 0.5) is 5.69 Å². The summed E-state index contributed by atoms with van der Waals surface area (Å²) in [6.45, 7) is 1.69. The number of piperidine rings is 1. The molecule has 134 valence electrons. The number of benzene rings is 2. The van der Waals surface area contributed by atoms with Crippen LogP contribution < -0.4 is 9.64 Å². The Morgan fingerprint density at radius 2 is 1.85 bits per heavy atom. The van der Waals surface area contributed by atoms with Crippen LogP contribution in [0.25, 0.3) is 0 Å². The van der Waals surface area contributed by atoms with Crippen molar-refractivity contribution in [1.29, 1.82) is 0 Å². The molecule has 3 aliphatic heterocycles. The van der Waals surface area contributed by atoms with Crippen LogP contribution in [0.15, 0.2) is 48.5 Å². The summed E-state index contributed by atoms with van der Waals surface area (Å²) in [6, 6.07) is 17.7. The van der Waals surface area contributed by atoms with Crippen molar-refractivity contribution in [2.45, 2.75) is 37.3 Å². The molecule has 2 bridgehead atoms. The Balaban J connectivity index is 1.32. The standard InChI is InChI=1S/C22H24N2O2/c1-26-19-9-7-15-8-10-20(21(15)12-19)22(25)23-13-17-11-18(14-23)24(17)16-5-3-2-4-6-16/h2-7,9,12,17-18,20H,8,10-11,13-14H2,1H3. The molecular weight excluding hydrogens is 324 g/mol. The maximum Gasteiger partial charge on any atom is 0.230 e. The second-order valence-corrected chi connectivity index (χ2v) is 7.69. The van der Waals surface area contributed by atoms with Gasteiger partial charge in [-0.15, -0.1) is 0 Å². The molecule has 3 unspecified atom stereocenters. The van der Waals surface area contributed by atoms with Crippen LogP contribution in [0.1, 0.15) is 29.9 Å². The highest BCUT2D eigenvalue weighted by Crippen LogP contribution is 2.40. The minimum absolute atomic E-state index is 0.00257. The predicted molar refractivity (Wildman–Crippen MR) is 102 cm³/mol. The van der Waals surface area contributed by atoms with Gasteiger partial charge in [-0.2, -0.15) is 0 Å². The number of hydrogen-bond acceptors (Lipinski definition) is 3. The molecule has 1 aliphatic carbocycles. The molecule has 1 amide bonds. The Labute approximate surface area is 154 Å². The van der Waals surface area contributed by atoms with E-state index in [0.29, 0.717) is 18.0 Å². The van der Waals surface area contributed by atoms with Crippen molar-refractivity contribution >= 4 is 11.6 Å². The molecule has 26 heavy (non-hydrogen) atoms. The van der Waals surface area contributed by atoms with Gasteiger partial charge < -0.3 is 14.5 Å². The number of ether oxygens (including phenoxy) is 1. The van der Waals surface area contributed by atoms with E-state index in [1.54, 1.807) is 7.11 Å². The Hall–Kier alpha value is -2.49. The van der Waals surface area contributed by atoms with Crippen molar-refractivity contribution in [2.75, 3.05) is 25.1 Å². The van der Waals surface area contributed by atoms with E-state index in [4.69, 9.17) is 4.74 Å². The number of methoxy groups -OCH3 is 1. The first-order chi connectivity index (χ1) is 12.7. The van der Waals surface area contributed by atoms with Gasteiger partial charge in [-0.05, 0) is 54.7 Å². The third-order valence-corrected chi connectivity index (χ3v) is 6.29. The summed E-state index contributed by atoms with van der Waals surface area (Å²) < 4.78 is 5.37. The summed E-state index contributed by atoms with van der Waals surface area (Å²) in [5.41, 5.74) is 3.77. The van der Waals surface area contributed by atoms with E-state index in [-0.39, 0.29) is 5.92 Å². The maximum atomic E-state index is 13.2. The Morgan fingerprint density at radius 1 is 1.08 bits per heavy atom. The molecule has 0 N–H and O–H groups in total. The molecule has 0 aromatic heterocycles. The minimum Gasteiger partial charge on any atom is -0.497 e. The highest BCUT2D eigenvalue weighted by Gasteiger charge is 2.47. The van der Waals surface area contributed by atoms with E-state index in [9.17, 15) is 4.79 Å². The lowest BCUT2D eigenvalue weighted by Gasteiger charge is -2.57. The first-order valence-corrected chi connectivity index (χ1v) is 9.53. The fourth-order valence-corrected chi connectivity index (χ4v) is 5.00. The van der Waals surface area contributed by atoms with Gasteiger partial charge in [-0.3, -0.25) is 4.79 Å². The van der Waals surface area contributed by atoms with Crippen molar-refractivity contribution in [1.82, 2.24) is 4.90 Å². The van der Waals surface area contributed by atoms with Gasteiger partial charge in [0.2, 0.25) is 5.91 Å². The number of amides is 1. The number of aryl methyl sites for hydroxylation is 1. The summed E-state index contributed by atoms with van der Waals surface area (Å²) in [7, 11) is 1.68. The van der Waals surface area contributed by atoms with Gasteiger partial charge in [-0.1, -0.05) is 24.3 Å². The van der Waals surface area contributed by atoms with Crippen LogP contribution in [-0.4, -0.2) is 43.1 Å². The molecule has 3 fully saturated rings. The van der Waals surface area contributed by atoms with Crippen molar-refractivity contribution < 1.29 is 9.53 Å². The van der Waals surface area contributed by atoms with Crippen molar-refractivity contribution in [3.63, 3.8) is 0 Å². The Bertz CT molecular complexity index is 823. The fraction of sp³-hybridized carbons (Fsp3) is 0.409. The molecule has 4 nitrogen and oxygen atoms in total. The monoisotopic (exact) mass is 348 g/mol. The second kappa shape index (κ2) is 6.04. The third-order valence-electron chi connectivity index (χ3n) is 6.29. The average molecular weight is 348 g/mol. The Morgan fingerprint density at radius 3 is 2.58 bits per heavy atom. The van der Waals surface area contributed by atoms with Gasteiger partial charge in [0.25, 0.3) is 0 Å². The summed E-state index contributed by atoms with van der Waals surface area (Å²) in [4.78, 5) is 17.8. The molecule has 6 rings (SSSR count). The van der Waals surface area contributed by atoms with Crippen LogP contribution in [0.5, 0.6) is 5.75 Å². The first kappa shape index (κ1) is 15.7. The van der Waals surface area contributed by atoms with E-state index in [1.165, 1.54) is 23.2 Å². The van der Waals surface area contributed by atoms with E-state index < -0.39 is 0 Å². The minimum atomic E-state index is 0.00257. The molecule has 3 atom stereocenters. The summed E-state index contributed by atoms with van der Waals surface area (Å²) in [5, 5.41) is 0. The van der Waals surface area contributed by atoms with Gasteiger partial charge in [0.1, 0.15) is 5.75 Å². The summed E-state index contributed by atoms with van der Waals surface area (Å²) in [5.74, 6) is 1.15. The molecule has 3 saturated heterocycles. The Kier molecular flexibility index (Phi) is 3.66. The smallest absolute Gasteiger partial charge is 0.230 e. The molecule has 0 radical (unpaired) electrons. The number of para-hydroxylation sites is 1. The summed E-state index contributed by atoms with van der Waals surface area (Å²) >= 11 is 0. The summed E-state index contributed by atoms with van der Waals surface area (Å²) in [6.07, 6.45) is 3.12. The van der Waals surface area contributed by atoms with Crippen molar-refractivity contribution in [2.24, 2.45) is 0 Å². The van der Waals surface area contributed by atoms with Gasteiger partial charge in [0.05, 0.1) is 13.0 Å². The number of rotatable bonds is 3. The SMILES string of the molecule is COc1ccc2c(c1)C(C(=O)N1CC3CC(C1)N3c1ccccc1)CC2. The largest absolute Gasteiger partial charge is 0.497 e. The first-order valence-electron chi connectivity index (χ1n) is 9.53. The van der Waals surface area contributed by atoms with Crippen LogP contribution in [-0.2, 0) is 11.2 Å². The van der Waals surface area contributed by atoms with Gasteiger partial charge in [0, 0.05) is 30.9 Å². The lowest BCUT2D eigenvalue weighted by molar-refractivity contribution is -0.135. The van der Waals surface area contributed by atoms with Crippen LogP contribution in [0.2, 0.25) is 0 Å². The number of fused-ring (bicyclic) bond motifs is 3. The number of carbonyl (C=O) groups is 1. The van der Waals surface area contributed by atoms with Crippen LogP contribution in [0.3, 0.4) is 0 Å². The molecule has 0 saturated carbocycles. The van der Waals surface area contributed by atoms with Gasteiger partial charge in [0.15, 0.2) is 0 Å². The fourth-order valence-electron chi connectivity index (χ4n) is 5.00. The number of anilines is 1. The van der Waals surface area contributed by atoms with Crippen molar-refractivity contribution in [3.05, 3.63) is 59.7 Å². The highest BCUT2D eigenvalue weighted by molar-refractivity contribution is 5.86. The van der Waals surface area contributed by atoms with E-state index >= 15 is 0 Å². The lowest BCUT2D eigenvalue weighted by atomic mass is 9.85. The molecule has 2 aromatic rings. The number of piperazine rings is 1. The second-order valence-electron chi connectivity index (χ2n) is 7.69. The zero-order valence-corrected chi connectivity index (χ0v) is 15.1. The molecule has 4 aliphatic rings. The number of hydrogen-bond donors (Lipinski definition) is 0. The van der Waals surface area contributed by atoms with E-state index in [1.807, 2.05) is 6.07 Å². The topological polar surface area (TPSA) is 32.8 Å². The zero-order valence-electron chi connectivity index (χ0n) is 15.1. The number of carbonyl (C=O) groups excluding carboxylic acids is 1. The highest BCUT2D eigenvalue weighted by atomic mass is 16.5. The molecule has 2 aromatic carbocycles. The maximum absolute atomic E-state index is 13.2. The number of nitrogens with zero attached hydrogens (tertiary/aromatic N) is 2. The third kappa shape index (κ3) is 2.39. The molecule has 4 heteroatoms.